The Balaban J connectivity index is 3.09. The normalized spacial score (nSPS) is 29.2. The average molecular weight is 254 g/mol. The van der Waals surface area contributed by atoms with Crippen molar-refractivity contribution in [3.8, 4) is 0 Å². The zero-order valence-electron chi connectivity index (χ0n) is 13.2. The Morgan fingerprint density at radius 1 is 1.33 bits per heavy atom. The van der Waals surface area contributed by atoms with Crippen molar-refractivity contribution in [1.29, 1.82) is 0 Å². The fraction of sp³-hybridized carbons (Fsp3) is 0.938. The second-order valence-electron chi connectivity index (χ2n) is 7.49. The molecule has 0 aromatic heterocycles. The number of carbonyl (C=O) groups excluding carboxylic acids is 1. The van der Waals surface area contributed by atoms with Crippen molar-refractivity contribution in [3.05, 3.63) is 0 Å². The van der Waals surface area contributed by atoms with Crippen molar-refractivity contribution in [1.82, 2.24) is 0 Å². The number of rotatable bonds is 5. The third-order valence-corrected chi connectivity index (χ3v) is 4.82. The lowest BCUT2D eigenvalue weighted by Crippen LogP contribution is -2.38. The van der Waals surface area contributed by atoms with Gasteiger partial charge in [-0.25, -0.2) is 0 Å². The summed E-state index contributed by atoms with van der Waals surface area (Å²) in [4.78, 5) is 12.5. The van der Waals surface area contributed by atoms with Crippen molar-refractivity contribution in [2.75, 3.05) is 0 Å². The smallest absolute Gasteiger partial charge is 0.313 e. The summed E-state index contributed by atoms with van der Waals surface area (Å²) in [5, 5.41) is 0. The lowest BCUT2D eigenvalue weighted by Gasteiger charge is -2.38. The van der Waals surface area contributed by atoms with Crippen molar-refractivity contribution < 1.29 is 9.53 Å². The van der Waals surface area contributed by atoms with Crippen LogP contribution in [0.2, 0.25) is 0 Å². The largest absolute Gasteiger partial charge is 0.459 e. The summed E-state index contributed by atoms with van der Waals surface area (Å²) in [6.07, 6.45) is 3.93. The van der Waals surface area contributed by atoms with Gasteiger partial charge >= 0.3 is 5.97 Å². The van der Waals surface area contributed by atoms with Gasteiger partial charge in [0.2, 0.25) is 0 Å². The van der Waals surface area contributed by atoms with Crippen LogP contribution in [0.25, 0.3) is 0 Å². The van der Waals surface area contributed by atoms with Crippen LogP contribution in [0.3, 0.4) is 0 Å². The maximum Gasteiger partial charge on any atom is 0.313 e. The Morgan fingerprint density at radius 2 is 1.89 bits per heavy atom. The zero-order valence-corrected chi connectivity index (χ0v) is 13.2. The molecule has 0 bridgehead atoms. The van der Waals surface area contributed by atoms with Crippen LogP contribution >= 0.6 is 0 Å². The van der Waals surface area contributed by atoms with Gasteiger partial charge in [0.05, 0.1) is 5.41 Å². The third kappa shape index (κ3) is 2.89. The van der Waals surface area contributed by atoms with E-state index in [1.54, 1.807) is 0 Å². The summed E-state index contributed by atoms with van der Waals surface area (Å²) >= 11 is 0. The van der Waals surface area contributed by atoms with Gasteiger partial charge < -0.3 is 4.74 Å². The third-order valence-electron chi connectivity index (χ3n) is 4.82. The van der Waals surface area contributed by atoms with Gasteiger partial charge in [-0.15, -0.1) is 0 Å². The van der Waals surface area contributed by atoms with E-state index >= 15 is 0 Å². The quantitative estimate of drug-likeness (QED) is 0.672. The molecule has 0 amide bonds. The number of ether oxygens (including phenoxy) is 1. The fourth-order valence-corrected chi connectivity index (χ4v) is 3.27. The van der Waals surface area contributed by atoms with Crippen LogP contribution in [0.4, 0.5) is 0 Å². The van der Waals surface area contributed by atoms with Crippen LogP contribution in [-0.4, -0.2) is 11.6 Å². The number of carbonyl (C=O) groups is 1. The van der Waals surface area contributed by atoms with E-state index in [1.165, 1.54) is 0 Å². The molecule has 0 N–H and O–H groups in total. The highest BCUT2D eigenvalue weighted by molar-refractivity contribution is 5.80. The van der Waals surface area contributed by atoms with E-state index in [4.69, 9.17) is 4.74 Å². The highest BCUT2D eigenvalue weighted by atomic mass is 16.6. The van der Waals surface area contributed by atoms with E-state index in [9.17, 15) is 4.79 Å². The number of cyclic esters (lactones) is 1. The van der Waals surface area contributed by atoms with Gasteiger partial charge in [-0.05, 0) is 31.6 Å². The standard InChI is InChI=1S/C16H30O2/c1-8-12(3)16(10-14(4,5)9-2)11-15(6,7)18-13(16)17/h12H,8-11H2,1-7H3. The van der Waals surface area contributed by atoms with Gasteiger partial charge in [0.15, 0.2) is 0 Å². The van der Waals surface area contributed by atoms with Gasteiger partial charge in [-0.3, -0.25) is 4.79 Å². The molecule has 0 aromatic carbocycles. The maximum atomic E-state index is 12.5. The van der Waals surface area contributed by atoms with Gasteiger partial charge in [-0.2, -0.15) is 0 Å². The lowest BCUT2D eigenvalue weighted by atomic mass is 9.62. The van der Waals surface area contributed by atoms with Crippen LogP contribution in [0.1, 0.15) is 74.1 Å². The molecule has 2 nitrogen and oxygen atoms in total. The molecular weight excluding hydrogens is 224 g/mol. The Labute approximate surface area is 112 Å². The molecule has 1 heterocycles. The molecule has 0 radical (unpaired) electrons. The van der Waals surface area contributed by atoms with Gasteiger partial charge in [0.25, 0.3) is 0 Å². The molecule has 2 heteroatoms. The molecule has 0 aliphatic carbocycles. The van der Waals surface area contributed by atoms with Crippen LogP contribution in [0.5, 0.6) is 0 Å². The summed E-state index contributed by atoms with van der Waals surface area (Å²) < 4.78 is 5.64. The second kappa shape index (κ2) is 4.86. The summed E-state index contributed by atoms with van der Waals surface area (Å²) in [5.41, 5.74) is -0.384. The first kappa shape index (κ1) is 15.5. The van der Waals surface area contributed by atoms with Crippen molar-refractivity contribution in [2.45, 2.75) is 79.8 Å². The second-order valence-corrected chi connectivity index (χ2v) is 7.49. The minimum Gasteiger partial charge on any atom is -0.459 e. The topological polar surface area (TPSA) is 26.3 Å². The first-order valence-corrected chi connectivity index (χ1v) is 7.32. The predicted octanol–water partition coefficient (Wildman–Crippen LogP) is 4.57. The number of hydrogen-bond acceptors (Lipinski definition) is 2. The first-order chi connectivity index (χ1) is 8.08. The minimum atomic E-state index is -0.301. The SMILES string of the molecule is CCC(C)C1(CC(C)(C)CC)CC(C)(C)OC1=O. The van der Waals surface area contributed by atoms with Crippen molar-refractivity contribution in [3.63, 3.8) is 0 Å². The number of hydrogen-bond donors (Lipinski definition) is 0. The van der Waals surface area contributed by atoms with E-state index < -0.39 is 0 Å². The summed E-state index contributed by atoms with van der Waals surface area (Å²) in [7, 11) is 0. The maximum absolute atomic E-state index is 12.5. The van der Waals surface area contributed by atoms with E-state index in [0.717, 1.165) is 25.7 Å². The van der Waals surface area contributed by atoms with E-state index in [-0.39, 0.29) is 22.4 Å². The van der Waals surface area contributed by atoms with Gasteiger partial charge in [-0.1, -0.05) is 47.5 Å². The fourth-order valence-electron chi connectivity index (χ4n) is 3.27. The molecule has 106 valence electrons. The zero-order chi connectivity index (χ0) is 14.2. The predicted molar refractivity (Wildman–Crippen MR) is 75.4 cm³/mol. The molecular formula is C16H30O2. The van der Waals surface area contributed by atoms with Crippen LogP contribution in [0, 0.1) is 16.7 Å². The Kier molecular flexibility index (Phi) is 4.19. The Hall–Kier alpha value is -0.530. The molecule has 2 unspecified atom stereocenters. The molecule has 1 rings (SSSR count). The summed E-state index contributed by atoms with van der Waals surface area (Å²) in [6, 6.07) is 0. The molecule has 1 fully saturated rings. The average Bonchev–Trinajstić information content (AvgIpc) is 2.47. The lowest BCUT2D eigenvalue weighted by molar-refractivity contribution is -0.155. The highest BCUT2D eigenvalue weighted by Gasteiger charge is 2.56. The molecule has 1 aliphatic heterocycles. The van der Waals surface area contributed by atoms with Crippen LogP contribution < -0.4 is 0 Å². The monoisotopic (exact) mass is 254 g/mol. The highest BCUT2D eigenvalue weighted by Crippen LogP contribution is 2.53. The van der Waals surface area contributed by atoms with Crippen molar-refractivity contribution in [2.24, 2.45) is 16.7 Å². The molecule has 1 aliphatic rings. The molecule has 0 aromatic rings. The molecule has 0 saturated carbocycles. The van der Waals surface area contributed by atoms with Gasteiger partial charge in [0, 0.05) is 6.42 Å². The molecule has 0 spiro atoms. The molecule has 1 saturated heterocycles. The summed E-state index contributed by atoms with van der Waals surface area (Å²) in [6.45, 7) is 15.2. The molecule has 2 atom stereocenters. The Morgan fingerprint density at radius 3 is 2.22 bits per heavy atom. The van der Waals surface area contributed by atoms with E-state index in [0.29, 0.717) is 5.92 Å². The van der Waals surface area contributed by atoms with E-state index in [2.05, 4.69) is 34.6 Å². The molecule has 18 heavy (non-hydrogen) atoms. The Bertz CT molecular complexity index is 317. The van der Waals surface area contributed by atoms with Crippen molar-refractivity contribution >= 4 is 5.97 Å². The van der Waals surface area contributed by atoms with Crippen LogP contribution in [-0.2, 0) is 9.53 Å². The van der Waals surface area contributed by atoms with Gasteiger partial charge in [0.1, 0.15) is 5.60 Å². The van der Waals surface area contributed by atoms with Crippen LogP contribution in [0.15, 0.2) is 0 Å². The first-order valence-electron chi connectivity index (χ1n) is 7.32. The van der Waals surface area contributed by atoms with E-state index in [1.807, 2.05) is 13.8 Å². The summed E-state index contributed by atoms with van der Waals surface area (Å²) in [5.74, 6) is 0.418. The minimum absolute atomic E-state index is 0.0309. The number of esters is 1.